The van der Waals surface area contributed by atoms with Crippen molar-refractivity contribution in [2.45, 2.75) is 6.18 Å². The van der Waals surface area contributed by atoms with Crippen LogP contribution in [0.5, 0.6) is 11.5 Å². The third-order valence-electron chi connectivity index (χ3n) is 5.00. The second-order valence-corrected chi connectivity index (χ2v) is 8.00. The molecule has 0 fully saturated rings. The topological polar surface area (TPSA) is 78.3 Å². The number of alkyl halides is 3. The average Bonchev–Trinajstić information content (AvgIpc) is 3.45. The molecule has 0 saturated heterocycles. The monoisotopic (exact) mass is 488 g/mol. The summed E-state index contributed by atoms with van der Waals surface area (Å²) in [5, 5.41) is 9.28. The van der Waals surface area contributed by atoms with Crippen LogP contribution >= 0.6 is 11.3 Å². The second-order valence-electron chi connectivity index (χ2n) is 7.14. The van der Waals surface area contributed by atoms with Gasteiger partial charge in [0.2, 0.25) is 0 Å². The molecule has 0 aliphatic rings. The van der Waals surface area contributed by atoms with Gasteiger partial charge in [-0.15, -0.1) is 11.3 Å². The number of aryl methyl sites for hydroxylation is 1. The number of methoxy groups -OCH3 is 2. The van der Waals surface area contributed by atoms with Crippen molar-refractivity contribution in [3.63, 3.8) is 0 Å². The Morgan fingerprint density at radius 3 is 2.47 bits per heavy atom. The number of carbonyl (C=O) groups excluding carboxylic acids is 1. The van der Waals surface area contributed by atoms with E-state index in [0.29, 0.717) is 27.9 Å². The van der Waals surface area contributed by atoms with Crippen molar-refractivity contribution in [2.24, 2.45) is 7.05 Å². The first-order valence-electron chi connectivity index (χ1n) is 9.91. The van der Waals surface area contributed by atoms with Gasteiger partial charge in [-0.25, -0.2) is 4.98 Å². The third kappa shape index (κ3) is 4.60. The van der Waals surface area contributed by atoms with Crippen molar-refractivity contribution in [3.05, 3.63) is 65.0 Å². The van der Waals surface area contributed by atoms with E-state index in [9.17, 15) is 18.0 Å². The molecule has 11 heteroatoms. The molecule has 4 rings (SSSR count). The van der Waals surface area contributed by atoms with E-state index in [1.165, 1.54) is 28.2 Å². The predicted octanol–water partition coefficient (Wildman–Crippen LogP) is 5.50. The molecule has 2 aromatic carbocycles. The average molecular weight is 488 g/mol. The Bertz CT molecular complexity index is 1350. The molecule has 176 valence electrons. The van der Waals surface area contributed by atoms with Crippen LogP contribution in [-0.4, -0.2) is 34.9 Å². The van der Waals surface area contributed by atoms with Gasteiger partial charge in [-0.05, 0) is 30.3 Å². The summed E-state index contributed by atoms with van der Waals surface area (Å²) in [4.78, 5) is 17.2. The molecule has 7 nitrogen and oxygen atoms in total. The van der Waals surface area contributed by atoms with Crippen molar-refractivity contribution in [1.82, 2.24) is 14.8 Å². The number of rotatable bonds is 6. The maximum atomic E-state index is 13.3. The molecule has 2 aromatic heterocycles. The molecule has 0 aliphatic carbocycles. The number of thiazole rings is 1. The van der Waals surface area contributed by atoms with Gasteiger partial charge < -0.3 is 14.8 Å². The first-order valence-corrected chi connectivity index (χ1v) is 10.8. The van der Waals surface area contributed by atoms with Crippen LogP contribution in [0.4, 0.5) is 19.0 Å². The minimum absolute atomic E-state index is 0.236. The third-order valence-corrected chi connectivity index (χ3v) is 5.87. The first kappa shape index (κ1) is 23.3. The van der Waals surface area contributed by atoms with Crippen LogP contribution in [0, 0.1) is 0 Å². The summed E-state index contributed by atoms with van der Waals surface area (Å²) >= 11 is 1.34. The minimum atomic E-state index is -4.65. The van der Waals surface area contributed by atoms with Gasteiger partial charge in [0.05, 0.1) is 31.0 Å². The summed E-state index contributed by atoms with van der Waals surface area (Å²) < 4.78 is 51.8. The van der Waals surface area contributed by atoms with Crippen LogP contribution in [0.1, 0.15) is 15.9 Å². The molecular weight excluding hydrogens is 469 g/mol. The Hall–Kier alpha value is -3.86. The van der Waals surface area contributed by atoms with E-state index in [1.54, 1.807) is 39.5 Å². The zero-order valence-electron chi connectivity index (χ0n) is 18.3. The van der Waals surface area contributed by atoms with E-state index in [0.717, 1.165) is 17.7 Å². The van der Waals surface area contributed by atoms with Crippen molar-refractivity contribution in [2.75, 3.05) is 19.5 Å². The number of nitrogens with zero attached hydrogens (tertiary/aromatic N) is 3. The molecular formula is C23H19F3N4O3S. The van der Waals surface area contributed by atoms with Crippen LogP contribution < -0.4 is 14.8 Å². The van der Waals surface area contributed by atoms with Gasteiger partial charge >= 0.3 is 6.18 Å². The van der Waals surface area contributed by atoms with E-state index < -0.39 is 23.2 Å². The molecule has 0 bridgehead atoms. The van der Waals surface area contributed by atoms with Crippen molar-refractivity contribution in [3.8, 4) is 33.5 Å². The van der Waals surface area contributed by atoms with Crippen LogP contribution in [0.15, 0.2) is 53.9 Å². The van der Waals surface area contributed by atoms with Crippen LogP contribution in [0.2, 0.25) is 0 Å². The largest absolute Gasteiger partial charge is 0.493 e. The number of benzene rings is 2. The highest BCUT2D eigenvalue weighted by Gasteiger charge is 2.35. The standard InChI is InChI=1S/C23H19F3N4O3S/c1-30-20(28-21(31)14-6-4-5-7-15(14)23(24,25)26)11-16(29-30)22-27-17(12-34-22)13-8-9-18(32-2)19(10-13)33-3/h4-12H,1-3H3,(H,28,31). The van der Waals surface area contributed by atoms with Crippen molar-refractivity contribution >= 4 is 23.1 Å². The van der Waals surface area contributed by atoms with Gasteiger partial charge in [0, 0.05) is 24.1 Å². The van der Waals surface area contributed by atoms with Crippen LogP contribution in [0.3, 0.4) is 0 Å². The quantitative estimate of drug-likeness (QED) is 0.388. The smallest absolute Gasteiger partial charge is 0.417 e. The fourth-order valence-corrected chi connectivity index (χ4v) is 4.10. The number of amides is 1. The number of halogens is 3. The number of hydrogen-bond donors (Lipinski definition) is 1. The first-order chi connectivity index (χ1) is 16.2. The van der Waals surface area contributed by atoms with Crippen LogP contribution in [0.25, 0.3) is 22.0 Å². The number of nitrogens with one attached hydrogen (secondary N) is 1. The van der Waals surface area contributed by atoms with E-state index >= 15 is 0 Å². The lowest BCUT2D eigenvalue weighted by Crippen LogP contribution is -2.19. The highest BCUT2D eigenvalue weighted by atomic mass is 32.1. The lowest BCUT2D eigenvalue weighted by Gasteiger charge is -2.12. The predicted molar refractivity (Wildman–Crippen MR) is 122 cm³/mol. The molecule has 0 aliphatic heterocycles. The minimum Gasteiger partial charge on any atom is -0.493 e. The summed E-state index contributed by atoms with van der Waals surface area (Å²) in [6.45, 7) is 0. The summed E-state index contributed by atoms with van der Waals surface area (Å²) in [6.07, 6.45) is -4.65. The molecule has 0 atom stereocenters. The Balaban J connectivity index is 1.58. The van der Waals surface area contributed by atoms with Crippen molar-refractivity contribution < 1.29 is 27.4 Å². The van der Waals surface area contributed by atoms with Gasteiger partial charge in [-0.2, -0.15) is 18.3 Å². The number of carbonyl (C=O) groups is 1. The summed E-state index contributed by atoms with van der Waals surface area (Å²) in [6, 6.07) is 11.6. The molecule has 1 N–H and O–H groups in total. The number of ether oxygens (including phenoxy) is 2. The Morgan fingerprint density at radius 2 is 1.76 bits per heavy atom. The Morgan fingerprint density at radius 1 is 1.03 bits per heavy atom. The Kier molecular flexibility index (Phi) is 6.29. The molecule has 0 spiro atoms. The number of aromatic nitrogens is 3. The molecule has 0 radical (unpaired) electrons. The second kappa shape index (κ2) is 9.18. The zero-order chi connectivity index (χ0) is 24.5. The van der Waals surface area contributed by atoms with E-state index in [2.05, 4.69) is 15.4 Å². The molecule has 0 saturated carbocycles. The summed E-state index contributed by atoms with van der Waals surface area (Å²) in [7, 11) is 4.68. The highest BCUT2D eigenvalue weighted by molar-refractivity contribution is 7.13. The lowest BCUT2D eigenvalue weighted by molar-refractivity contribution is -0.137. The van der Waals surface area contributed by atoms with E-state index in [1.807, 2.05) is 11.4 Å². The fourth-order valence-electron chi connectivity index (χ4n) is 3.32. The number of anilines is 1. The number of hydrogen-bond acceptors (Lipinski definition) is 6. The van der Waals surface area contributed by atoms with E-state index in [4.69, 9.17) is 9.47 Å². The zero-order valence-corrected chi connectivity index (χ0v) is 19.1. The van der Waals surface area contributed by atoms with Gasteiger partial charge in [-0.1, -0.05) is 12.1 Å². The summed E-state index contributed by atoms with van der Waals surface area (Å²) in [5.74, 6) is 0.517. The fraction of sp³-hybridized carbons (Fsp3) is 0.174. The highest BCUT2D eigenvalue weighted by Crippen LogP contribution is 2.35. The van der Waals surface area contributed by atoms with Gasteiger partial charge in [0.15, 0.2) is 11.5 Å². The van der Waals surface area contributed by atoms with Gasteiger partial charge in [0.25, 0.3) is 5.91 Å². The van der Waals surface area contributed by atoms with Crippen LogP contribution in [-0.2, 0) is 13.2 Å². The van der Waals surface area contributed by atoms with Gasteiger partial charge in [0.1, 0.15) is 16.5 Å². The normalized spacial score (nSPS) is 11.4. The summed E-state index contributed by atoms with van der Waals surface area (Å²) in [5.41, 5.74) is 0.500. The van der Waals surface area contributed by atoms with Gasteiger partial charge in [-0.3, -0.25) is 9.48 Å². The maximum absolute atomic E-state index is 13.3. The van der Waals surface area contributed by atoms with Crippen molar-refractivity contribution in [1.29, 1.82) is 0 Å². The van der Waals surface area contributed by atoms with E-state index in [-0.39, 0.29) is 5.82 Å². The maximum Gasteiger partial charge on any atom is 0.417 e. The molecule has 34 heavy (non-hydrogen) atoms. The lowest BCUT2D eigenvalue weighted by atomic mass is 10.1. The SMILES string of the molecule is COc1ccc(-c2csc(-c3cc(NC(=O)c4ccccc4C(F)(F)F)n(C)n3)n2)cc1OC. The molecule has 2 heterocycles. The molecule has 1 amide bonds. The molecule has 0 unspecified atom stereocenters. The Labute approximate surface area is 196 Å². The molecule has 4 aromatic rings.